The minimum absolute atomic E-state index is 0.146. The van der Waals surface area contributed by atoms with Crippen LogP contribution in [0, 0.1) is 6.92 Å². The van der Waals surface area contributed by atoms with Crippen molar-refractivity contribution in [3.05, 3.63) is 32.6 Å². The average molecular weight is 350 g/mol. The molecule has 0 spiro atoms. The Kier molecular flexibility index (Phi) is 3.84. The van der Waals surface area contributed by atoms with Gasteiger partial charge in [-0.2, -0.15) is 0 Å². The molecule has 0 amide bonds. The summed E-state index contributed by atoms with van der Waals surface area (Å²) in [4.78, 5) is 43.0. The minimum Gasteiger partial charge on any atom is -0.387 e. The van der Waals surface area contributed by atoms with Gasteiger partial charge in [0.25, 0.3) is 5.56 Å². The van der Waals surface area contributed by atoms with Crippen LogP contribution in [0.3, 0.4) is 0 Å². The summed E-state index contributed by atoms with van der Waals surface area (Å²) in [6.45, 7) is 0.737. The van der Waals surface area contributed by atoms with Gasteiger partial charge in [0.15, 0.2) is 6.23 Å². The van der Waals surface area contributed by atoms with Crippen molar-refractivity contribution in [1.82, 2.24) is 9.55 Å². The van der Waals surface area contributed by atoms with Crippen LogP contribution >= 0.6 is 7.82 Å². The van der Waals surface area contributed by atoms with Crippen LogP contribution in [-0.4, -0.2) is 55.5 Å². The summed E-state index contributed by atoms with van der Waals surface area (Å²) < 4.78 is 27.3. The predicted molar refractivity (Wildman–Crippen MR) is 72.7 cm³/mol. The number of hydrogen-bond acceptors (Lipinski definition) is 7. The number of aryl methyl sites for hydroxylation is 1. The molecule has 2 aliphatic heterocycles. The summed E-state index contributed by atoms with van der Waals surface area (Å²) >= 11 is 0. The summed E-state index contributed by atoms with van der Waals surface area (Å²) in [5.74, 6) is 0. The van der Waals surface area contributed by atoms with E-state index in [2.05, 4.69) is 9.51 Å². The highest BCUT2D eigenvalue weighted by Crippen LogP contribution is 2.47. The van der Waals surface area contributed by atoms with Gasteiger partial charge in [0.1, 0.15) is 17.8 Å². The topological polar surface area (TPSA) is 160 Å². The highest BCUT2D eigenvalue weighted by Gasteiger charge is 2.62. The fourth-order valence-electron chi connectivity index (χ4n) is 2.71. The average Bonchev–Trinajstić information content (AvgIpc) is 2.91. The Hall–Kier alpha value is -1.33. The molecule has 3 rings (SSSR count). The molecule has 23 heavy (non-hydrogen) atoms. The summed E-state index contributed by atoms with van der Waals surface area (Å²) in [7, 11) is -4.76. The number of nitrogens with one attached hydrogen (secondary N) is 1. The van der Waals surface area contributed by atoms with E-state index in [0.29, 0.717) is 0 Å². The summed E-state index contributed by atoms with van der Waals surface area (Å²) in [6.07, 6.45) is -1.97. The summed E-state index contributed by atoms with van der Waals surface area (Å²) in [6, 6.07) is 0. The first kappa shape index (κ1) is 16.5. The van der Waals surface area contributed by atoms with E-state index in [1.54, 1.807) is 0 Å². The van der Waals surface area contributed by atoms with E-state index in [1.165, 1.54) is 13.1 Å². The number of aromatic amines is 1. The largest absolute Gasteiger partial charge is 0.469 e. The molecule has 0 radical (unpaired) electrons. The third-order valence-electron chi connectivity index (χ3n) is 3.90. The van der Waals surface area contributed by atoms with Gasteiger partial charge < -0.3 is 24.4 Å². The molecule has 1 aromatic heterocycles. The van der Waals surface area contributed by atoms with Crippen LogP contribution in [0.15, 0.2) is 15.8 Å². The molecular formula is C11H15N2O9P. The van der Waals surface area contributed by atoms with E-state index >= 15 is 0 Å². The molecule has 0 aliphatic carbocycles. The molecule has 0 unspecified atom stereocenters. The maximum absolute atomic E-state index is 11.9. The van der Waals surface area contributed by atoms with Gasteiger partial charge in [-0.05, 0) is 6.92 Å². The third-order valence-corrected chi connectivity index (χ3v) is 4.37. The van der Waals surface area contributed by atoms with Crippen molar-refractivity contribution in [3.63, 3.8) is 0 Å². The van der Waals surface area contributed by atoms with Crippen molar-refractivity contribution in [2.24, 2.45) is 0 Å². The zero-order valence-electron chi connectivity index (χ0n) is 11.9. The molecule has 0 saturated carbocycles. The molecule has 2 bridgehead atoms. The number of hydrogen-bond donors (Lipinski definition) is 4. The van der Waals surface area contributed by atoms with Gasteiger partial charge in [0.2, 0.25) is 0 Å². The number of aromatic nitrogens is 2. The molecule has 2 saturated heterocycles. The number of aliphatic hydroxyl groups excluding tert-OH is 1. The molecule has 128 valence electrons. The van der Waals surface area contributed by atoms with E-state index in [9.17, 15) is 19.3 Å². The number of fused-ring (bicyclic) bond motifs is 2. The van der Waals surface area contributed by atoms with Crippen molar-refractivity contribution in [2.45, 2.75) is 31.0 Å². The van der Waals surface area contributed by atoms with E-state index in [0.717, 1.165) is 4.57 Å². The number of phosphoric acid groups is 1. The van der Waals surface area contributed by atoms with Crippen LogP contribution in [0.1, 0.15) is 11.8 Å². The quantitative estimate of drug-likeness (QED) is 0.449. The van der Waals surface area contributed by atoms with Gasteiger partial charge in [-0.3, -0.25) is 18.9 Å². The lowest BCUT2D eigenvalue weighted by molar-refractivity contribution is -0.186. The number of nitrogens with zero attached hydrogens (tertiary/aromatic N) is 1. The Labute approximate surface area is 128 Å². The van der Waals surface area contributed by atoms with E-state index < -0.39 is 49.7 Å². The van der Waals surface area contributed by atoms with Crippen molar-refractivity contribution >= 4 is 7.82 Å². The predicted octanol–water partition coefficient (Wildman–Crippen LogP) is -2.02. The highest BCUT2D eigenvalue weighted by atomic mass is 31.2. The Bertz CT molecular complexity index is 782. The second-order valence-electron chi connectivity index (χ2n) is 5.54. The van der Waals surface area contributed by atoms with Gasteiger partial charge in [0.05, 0.1) is 13.2 Å². The Morgan fingerprint density at radius 1 is 1.52 bits per heavy atom. The molecule has 4 atom stereocenters. The molecule has 1 aromatic rings. The number of ether oxygens (including phenoxy) is 2. The summed E-state index contributed by atoms with van der Waals surface area (Å²) in [5, 5.41) is 10.3. The fraction of sp³-hybridized carbons (Fsp3) is 0.636. The maximum Gasteiger partial charge on any atom is 0.469 e. The van der Waals surface area contributed by atoms with Crippen LogP contribution in [-0.2, 0) is 18.6 Å². The molecule has 11 nitrogen and oxygen atoms in total. The lowest BCUT2D eigenvalue weighted by atomic mass is 10.0. The van der Waals surface area contributed by atoms with Crippen LogP contribution in [0.2, 0.25) is 0 Å². The summed E-state index contributed by atoms with van der Waals surface area (Å²) in [5.41, 5.74) is -2.54. The van der Waals surface area contributed by atoms with Crippen molar-refractivity contribution in [2.75, 3.05) is 13.2 Å². The zero-order chi connectivity index (χ0) is 17.0. The van der Waals surface area contributed by atoms with Crippen molar-refractivity contribution < 1.29 is 33.5 Å². The van der Waals surface area contributed by atoms with Gasteiger partial charge in [-0.25, -0.2) is 9.36 Å². The van der Waals surface area contributed by atoms with Gasteiger partial charge in [-0.15, -0.1) is 0 Å². The van der Waals surface area contributed by atoms with Crippen molar-refractivity contribution in [3.8, 4) is 0 Å². The lowest BCUT2D eigenvalue weighted by Gasteiger charge is -2.30. The fourth-order valence-corrected chi connectivity index (χ4v) is 3.09. The van der Waals surface area contributed by atoms with E-state index in [-0.39, 0.29) is 12.2 Å². The lowest BCUT2D eigenvalue weighted by Crippen LogP contribution is -2.45. The molecule has 2 fully saturated rings. The molecule has 12 heteroatoms. The maximum atomic E-state index is 11.9. The van der Waals surface area contributed by atoms with E-state index in [4.69, 9.17) is 19.3 Å². The van der Waals surface area contributed by atoms with Crippen LogP contribution in [0.4, 0.5) is 0 Å². The molecule has 2 aliphatic rings. The van der Waals surface area contributed by atoms with Gasteiger partial charge in [0, 0.05) is 11.8 Å². The molecular weight excluding hydrogens is 335 g/mol. The first-order chi connectivity index (χ1) is 10.6. The smallest absolute Gasteiger partial charge is 0.387 e. The van der Waals surface area contributed by atoms with Crippen LogP contribution < -0.4 is 11.2 Å². The Balaban J connectivity index is 1.91. The van der Waals surface area contributed by atoms with E-state index in [1.807, 2.05) is 0 Å². The number of aliphatic hydroxyl groups is 1. The molecule has 4 N–H and O–H groups in total. The first-order valence-electron chi connectivity index (χ1n) is 6.63. The number of phosphoric ester groups is 1. The van der Waals surface area contributed by atoms with Crippen LogP contribution in [0.5, 0.6) is 0 Å². The standard InChI is InChI=1S/C11H15N2O9P/c1-5-2-13(10(16)12-8(5)15)9-6-7(14)11(22-9,3-20-6)4-21-23(17,18)19/h2,6-7,9,14H,3-4H2,1H3,(H,12,15,16)(H2,17,18,19)/t6-,7+,9+,11-/m0/s1. The normalized spacial score (nSPS) is 33.3. The first-order valence-corrected chi connectivity index (χ1v) is 8.16. The Morgan fingerprint density at radius 3 is 2.87 bits per heavy atom. The number of rotatable bonds is 4. The Morgan fingerprint density at radius 2 is 2.22 bits per heavy atom. The minimum atomic E-state index is -4.76. The van der Waals surface area contributed by atoms with Crippen LogP contribution in [0.25, 0.3) is 0 Å². The second kappa shape index (κ2) is 5.35. The monoisotopic (exact) mass is 350 g/mol. The number of H-pyrrole nitrogens is 1. The third kappa shape index (κ3) is 2.81. The highest BCUT2D eigenvalue weighted by molar-refractivity contribution is 7.46. The SMILES string of the molecule is Cc1cn([C@@H]2O[C@]3(COP(=O)(O)O)CO[C@H]2[C@H]3O)c(=O)[nH]c1=O. The van der Waals surface area contributed by atoms with Gasteiger partial charge >= 0.3 is 13.5 Å². The zero-order valence-corrected chi connectivity index (χ0v) is 12.8. The second-order valence-corrected chi connectivity index (χ2v) is 6.78. The van der Waals surface area contributed by atoms with Crippen molar-refractivity contribution in [1.29, 1.82) is 0 Å². The molecule has 0 aromatic carbocycles. The molecule has 3 heterocycles. The van der Waals surface area contributed by atoms with Gasteiger partial charge in [-0.1, -0.05) is 0 Å².